The molecule has 2 aromatic heterocycles. The zero-order valence-electron chi connectivity index (χ0n) is 20.2. The van der Waals surface area contributed by atoms with Crippen LogP contribution in [0.2, 0.25) is 0 Å². The Labute approximate surface area is 210 Å². The molecule has 0 saturated heterocycles. The fourth-order valence-electron chi connectivity index (χ4n) is 4.73. The van der Waals surface area contributed by atoms with Crippen LogP contribution >= 0.6 is 11.3 Å². The summed E-state index contributed by atoms with van der Waals surface area (Å²) in [6, 6.07) is 37.3. The topological polar surface area (TPSA) is 12.9 Å². The van der Waals surface area contributed by atoms with E-state index in [2.05, 4.69) is 124 Å². The molecule has 0 atom stereocenters. The van der Waals surface area contributed by atoms with Gasteiger partial charge in [-0.05, 0) is 63.6 Å². The third-order valence-electron chi connectivity index (χ3n) is 6.70. The number of hydrogen-bond acceptors (Lipinski definition) is 2. The molecule has 2 heterocycles. The molecule has 1 nitrogen and oxygen atoms in total. The van der Waals surface area contributed by atoms with Crippen molar-refractivity contribution < 1.29 is 0 Å². The first-order valence-electron chi connectivity index (χ1n) is 12.1. The highest BCUT2D eigenvalue weighted by molar-refractivity contribution is 7.26. The van der Waals surface area contributed by atoms with E-state index < -0.39 is 0 Å². The third-order valence-corrected chi connectivity index (χ3v) is 7.92. The van der Waals surface area contributed by atoms with E-state index in [-0.39, 0.29) is 5.41 Å². The molecule has 6 aromatic rings. The van der Waals surface area contributed by atoms with Crippen molar-refractivity contribution in [1.29, 1.82) is 0 Å². The quantitative estimate of drug-likeness (QED) is 0.251. The first-order valence-corrected chi connectivity index (χ1v) is 12.9. The van der Waals surface area contributed by atoms with Gasteiger partial charge in [-0.3, -0.25) is 4.98 Å². The summed E-state index contributed by atoms with van der Waals surface area (Å²) >= 11 is 1.86. The van der Waals surface area contributed by atoms with Gasteiger partial charge in [-0.1, -0.05) is 93.6 Å². The van der Waals surface area contributed by atoms with E-state index in [1.54, 1.807) is 0 Å². The van der Waals surface area contributed by atoms with E-state index in [0.717, 1.165) is 5.69 Å². The van der Waals surface area contributed by atoms with Gasteiger partial charge in [-0.15, -0.1) is 11.3 Å². The lowest BCUT2D eigenvalue weighted by molar-refractivity contribution is 0.589. The van der Waals surface area contributed by atoms with Gasteiger partial charge in [0.1, 0.15) is 0 Å². The van der Waals surface area contributed by atoms with Crippen molar-refractivity contribution in [1.82, 2.24) is 4.98 Å². The van der Waals surface area contributed by atoms with Gasteiger partial charge in [0.25, 0.3) is 0 Å². The highest BCUT2D eigenvalue weighted by atomic mass is 32.1. The Morgan fingerprint density at radius 1 is 0.600 bits per heavy atom. The average molecular weight is 470 g/mol. The summed E-state index contributed by atoms with van der Waals surface area (Å²) in [4.78, 5) is 4.75. The molecule has 0 aliphatic heterocycles. The van der Waals surface area contributed by atoms with Crippen LogP contribution in [0.15, 0.2) is 109 Å². The maximum absolute atomic E-state index is 4.75. The van der Waals surface area contributed by atoms with Crippen molar-refractivity contribution in [2.45, 2.75) is 26.2 Å². The minimum atomic E-state index is 0.0922. The normalized spacial score (nSPS) is 11.9. The van der Waals surface area contributed by atoms with Crippen LogP contribution in [0.1, 0.15) is 26.3 Å². The first kappa shape index (κ1) is 21.8. The van der Waals surface area contributed by atoms with E-state index in [9.17, 15) is 0 Å². The van der Waals surface area contributed by atoms with E-state index in [1.807, 2.05) is 17.5 Å². The molecule has 35 heavy (non-hydrogen) atoms. The van der Waals surface area contributed by atoms with Gasteiger partial charge in [0.2, 0.25) is 0 Å². The lowest BCUT2D eigenvalue weighted by Crippen LogP contribution is -2.11. The second-order valence-corrected chi connectivity index (χ2v) is 11.2. The molecule has 170 valence electrons. The lowest BCUT2D eigenvalue weighted by atomic mass is 9.87. The summed E-state index contributed by atoms with van der Waals surface area (Å²) in [6.45, 7) is 6.75. The van der Waals surface area contributed by atoms with E-state index in [1.165, 1.54) is 53.6 Å². The molecule has 4 aromatic carbocycles. The third kappa shape index (κ3) is 4.05. The van der Waals surface area contributed by atoms with E-state index in [0.29, 0.717) is 0 Å². The summed E-state index contributed by atoms with van der Waals surface area (Å²) in [5, 5.41) is 2.60. The molecular weight excluding hydrogens is 442 g/mol. The molecule has 0 aliphatic rings. The fraction of sp³-hybridized carbons (Fsp3) is 0.121. The zero-order chi connectivity index (χ0) is 24.0. The van der Waals surface area contributed by atoms with Crippen LogP contribution in [0.3, 0.4) is 0 Å². The van der Waals surface area contributed by atoms with Gasteiger partial charge in [-0.25, -0.2) is 0 Å². The molecule has 0 bridgehead atoms. The average Bonchev–Trinajstić information content (AvgIpc) is 3.27. The van der Waals surface area contributed by atoms with Gasteiger partial charge in [0, 0.05) is 31.9 Å². The van der Waals surface area contributed by atoms with Crippen molar-refractivity contribution in [3.63, 3.8) is 0 Å². The largest absolute Gasteiger partial charge is 0.256 e. The van der Waals surface area contributed by atoms with Crippen LogP contribution in [0.4, 0.5) is 0 Å². The second kappa shape index (κ2) is 8.48. The van der Waals surface area contributed by atoms with E-state index in [4.69, 9.17) is 4.98 Å². The molecule has 0 N–H and O–H groups in total. The summed E-state index contributed by atoms with van der Waals surface area (Å²) in [6.07, 6.45) is 1.94. The van der Waals surface area contributed by atoms with Crippen LogP contribution in [-0.2, 0) is 5.41 Å². The lowest BCUT2D eigenvalue weighted by Gasteiger charge is -2.19. The smallest absolute Gasteiger partial charge is 0.0719 e. The van der Waals surface area contributed by atoms with Gasteiger partial charge < -0.3 is 0 Å². The molecule has 0 fully saturated rings. The zero-order valence-corrected chi connectivity index (χ0v) is 21.1. The van der Waals surface area contributed by atoms with Gasteiger partial charge >= 0.3 is 0 Å². The van der Waals surface area contributed by atoms with Crippen molar-refractivity contribution >= 4 is 31.5 Å². The van der Waals surface area contributed by atoms with Crippen LogP contribution < -0.4 is 0 Å². The highest BCUT2D eigenvalue weighted by Gasteiger charge is 2.17. The van der Waals surface area contributed by atoms with Crippen molar-refractivity contribution in [3.05, 3.63) is 115 Å². The Morgan fingerprint density at radius 2 is 1.31 bits per heavy atom. The SMILES string of the molecule is CC(C)(C)c1ccnc(-c2cccc3c2sc2ccc(-c4cccc(-c5ccccc5)c4)cc23)c1. The van der Waals surface area contributed by atoms with Crippen molar-refractivity contribution in [2.75, 3.05) is 0 Å². The number of aromatic nitrogens is 1. The predicted octanol–water partition coefficient (Wildman–Crippen LogP) is 9.75. The summed E-state index contributed by atoms with van der Waals surface area (Å²) in [5.41, 5.74) is 8.62. The maximum Gasteiger partial charge on any atom is 0.0719 e. The van der Waals surface area contributed by atoms with E-state index >= 15 is 0 Å². The molecular formula is C33H27NS. The molecule has 0 spiro atoms. The summed E-state index contributed by atoms with van der Waals surface area (Å²) in [7, 11) is 0. The predicted molar refractivity (Wildman–Crippen MR) is 152 cm³/mol. The Morgan fingerprint density at radius 3 is 2.11 bits per heavy atom. The van der Waals surface area contributed by atoms with Gasteiger partial charge in [-0.2, -0.15) is 0 Å². The number of thiophene rings is 1. The molecule has 0 unspecified atom stereocenters. The molecule has 0 aliphatic carbocycles. The minimum Gasteiger partial charge on any atom is -0.256 e. The number of fused-ring (bicyclic) bond motifs is 3. The number of nitrogens with zero attached hydrogens (tertiary/aromatic N) is 1. The van der Waals surface area contributed by atoms with Gasteiger partial charge in [0.05, 0.1) is 5.69 Å². The Kier molecular flexibility index (Phi) is 5.27. The van der Waals surface area contributed by atoms with Crippen LogP contribution in [0.5, 0.6) is 0 Å². The van der Waals surface area contributed by atoms with Crippen molar-refractivity contribution in [3.8, 4) is 33.5 Å². The molecule has 0 saturated carbocycles. The first-order chi connectivity index (χ1) is 17.0. The van der Waals surface area contributed by atoms with Crippen LogP contribution in [-0.4, -0.2) is 4.98 Å². The number of rotatable bonds is 3. The fourth-order valence-corrected chi connectivity index (χ4v) is 5.94. The molecule has 2 heteroatoms. The highest BCUT2D eigenvalue weighted by Crippen LogP contribution is 2.41. The second-order valence-electron chi connectivity index (χ2n) is 10.1. The van der Waals surface area contributed by atoms with Gasteiger partial charge in [0.15, 0.2) is 0 Å². The summed E-state index contributed by atoms with van der Waals surface area (Å²) < 4.78 is 2.61. The Hall–Kier alpha value is -3.75. The standard InChI is InChI=1S/C33H27NS/c1-33(2,3)26-17-18-34-30(21-26)28-14-8-13-27-29-20-25(15-16-31(29)35-32(27)28)24-12-7-11-23(19-24)22-9-5-4-6-10-22/h4-21H,1-3H3. The number of benzene rings is 4. The Bertz CT molecular complexity index is 1670. The molecule has 6 rings (SSSR count). The molecule has 0 amide bonds. The Balaban J connectivity index is 1.48. The maximum atomic E-state index is 4.75. The van der Waals surface area contributed by atoms with Crippen LogP contribution in [0.25, 0.3) is 53.7 Å². The molecule has 0 radical (unpaired) electrons. The monoisotopic (exact) mass is 469 g/mol. The van der Waals surface area contributed by atoms with Crippen molar-refractivity contribution in [2.24, 2.45) is 0 Å². The minimum absolute atomic E-state index is 0.0922. The van der Waals surface area contributed by atoms with Crippen LogP contribution in [0, 0.1) is 0 Å². The summed E-state index contributed by atoms with van der Waals surface area (Å²) in [5.74, 6) is 0. The number of pyridine rings is 1. The number of hydrogen-bond donors (Lipinski definition) is 0.